The molecule has 6 N–H and O–H groups in total. The van der Waals surface area contributed by atoms with E-state index < -0.39 is 42.0 Å². The van der Waals surface area contributed by atoms with Crippen molar-refractivity contribution in [2.24, 2.45) is 17.3 Å². The number of nitrogens with one attached hydrogen (secondary N) is 5. The number of amides is 5. The van der Waals surface area contributed by atoms with E-state index in [9.17, 15) is 37.9 Å². The number of ether oxygens (including phenoxy) is 1. The van der Waals surface area contributed by atoms with Crippen molar-refractivity contribution in [3.05, 3.63) is 83.2 Å². The highest BCUT2D eigenvalue weighted by atomic mass is 19.3. The summed E-state index contributed by atoms with van der Waals surface area (Å²) >= 11 is 0. The minimum absolute atomic E-state index is 0.161. The average Bonchev–Trinajstić information content (AvgIpc) is 3.66. The van der Waals surface area contributed by atoms with Crippen molar-refractivity contribution in [1.29, 1.82) is 0 Å². The molecule has 2 heterocycles. The second-order valence-corrected chi connectivity index (χ2v) is 19.3. The molecule has 4 aromatic rings. The Hall–Kier alpha value is -6.06. The third-order valence-electron chi connectivity index (χ3n) is 12.1. The molecule has 0 radical (unpaired) electrons. The van der Waals surface area contributed by atoms with Gasteiger partial charge in [0.2, 0.25) is 11.8 Å². The number of aryl methyl sites for hydroxylation is 1. The van der Waals surface area contributed by atoms with E-state index >= 15 is 0 Å². The van der Waals surface area contributed by atoms with Gasteiger partial charge in [0.15, 0.2) is 5.82 Å². The number of piperidine rings is 1. The molecule has 1 saturated heterocycles. The molecule has 0 bridgehead atoms. The standard InChI is InChI=1S/C48H61F2N7O7/c1-27-22-32(43(59)52-34-20-21-57(46(62)63)39(25-34)47(2,3)4)16-18-35(27)30-12-8-28(9-13-30)23-38(44(60)53-33-17-19-36-37(24-33)55-41(54-36)40(49)50)56-42(58)31-14-10-29(11-15-31)26-51-45(61)64-48(5,6)7/h8-9,12-13,16-19,22,24,29,31,34,38-40H,10-11,14-15,20-21,23,25-26H2,1-7H3,(H,51,61)(H,52,59)(H,53,60)(H,54,55)(H,56,58)(H,62,63)/t29?,31?,34?,38-,39?/m0/s1. The SMILES string of the molecule is Cc1cc(C(=O)NC2CCN(C(=O)O)C(C(C)(C)C)C2)ccc1-c1ccc(C[C@H](NC(=O)C2CCC(CNC(=O)OC(C)(C)C)CC2)C(=O)Nc2ccc3nc(C(F)F)[nH]c3c2)cc1. The van der Waals surface area contributed by atoms with Gasteiger partial charge in [-0.25, -0.2) is 23.4 Å². The Bertz CT molecular complexity index is 2330. The first-order valence-electron chi connectivity index (χ1n) is 22.0. The molecule has 3 aromatic carbocycles. The summed E-state index contributed by atoms with van der Waals surface area (Å²) in [4.78, 5) is 73.2. The van der Waals surface area contributed by atoms with Gasteiger partial charge in [-0.3, -0.25) is 14.4 Å². The van der Waals surface area contributed by atoms with Gasteiger partial charge in [0, 0.05) is 48.8 Å². The van der Waals surface area contributed by atoms with E-state index in [-0.39, 0.29) is 47.6 Å². The summed E-state index contributed by atoms with van der Waals surface area (Å²) in [7, 11) is 0. The van der Waals surface area contributed by atoms with E-state index in [2.05, 4.69) is 31.2 Å². The van der Waals surface area contributed by atoms with Gasteiger partial charge < -0.3 is 41.0 Å². The molecule has 2 unspecified atom stereocenters. The molecule has 1 aliphatic heterocycles. The number of nitrogens with zero attached hydrogens (tertiary/aromatic N) is 2. The van der Waals surface area contributed by atoms with Gasteiger partial charge in [-0.2, -0.15) is 0 Å². The fourth-order valence-electron chi connectivity index (χ4n) is 8.71. The molecule has 0 spiro atoms. The normalized spacial score (nSPS) is 19.8. The Morgan fingerprint density at radius 1 is 0.922 bits per heavy atom. The number of hydrogen-bond donors (Lipinski definition) is 6. The molecule has 16 heteroatoms. The number of aromatic nitrogens is 2. The zero-order valence-corrected chi connectivity index (χ0v) is 37.6. The van der Waals surface area contributed by atoms with Crippen LogP contribution in [0.4, 0.5) is 24.1 Å². The molecule has 5 amide bonds. The molecule has 2 fully saturated rings. The van der Waals surface area contributed by atoms with E-state index in [1.54, 1.807) is 32.9 Å². The Balaban J connectivity index is 1.12. The van der Waals surface area contributed by atoms with E-state index in [4.69, 9.17) is 4.74 Å². The zero-order chi connectivity index (χ0) is 46.5. The van der Waals surface area contributed by atoms with Crippen LogP contribution in [0.25, 0.3) is 22.2 Å². The Labute approximate surface area is 372 Å². The van der Waals surface area contributed by atoms with Gasteiger partial charge in [0.05, 0.1) is 11.0 Å². The van der Waals surface area contributed by atoms with Crippen LogP contribution in [0.5, 0.6) is 0 Å². The maximum Gasteiger partial charge on any atom is 0.407 e. The maximum absolute atomic E-state index is 13.9. The van der Waals surface area contributed by atoms with Crippen molar-refractivity contribution in [1.82, 2.24) is 30.8 Å². The van der Waals surface area contributed by atoms with E-state index in [1.807, 2.05) is 64.1 Å². The van der Waals surface area contributed by atoms with Crippen LogP contribution in [0.3, 0.4) is 0 Å². The predicted molar refractivity (Wildman–Crippen MR) is 240 cm³/mol. The number of carbonyl (C=O) groups is 5. The number of H-pyrrole nitrogens is 1. The van der Waals surface area contributed by atoms with Crippen LogP contribution in [0.1, 0.15) is 114 Å². The molecule has 64 heavy (non-hydrogen) atoms. The van der Waals surface area contributed by atoms with Gasteiger partial charge in [-0.1, -0.05) is 51.1 Å². The first-order valence-corrected chi connectivity index (χ1v) is 22.0. The maximum atomic E-state index is 13.9. The van der Waals surface area contributed by atoms with Gasteiger partial charge in [0.25, 0.3) is 12.3 Å². The highest BCUT2D eigenvalue weighted by molar-refractivity contribution is 5.99. The minimum atomic E-state index is -2.78. The number of hydrogen-bond acceptors (Lipinski definition) is 7. The van der Waals surface area contributed by atoms with E-state index in [1.165, 1.54) is 17.0 Å². The number of benzene rings is 3. The molecule has 344 valence electrons. The summed E-state index contributed by atoms with van der Waals surface area (Å²) in [5, 5.41) is 21.5. The van der Waals surface area contributed by atoms with Crippen LogP contribution in [0.2, 0.25) is 0 Å². The largest absolute Gasteiger partial charge is 0.465 e. The lowest BCUT2D eigenvalue weighted by Crippen LogP contribution is -2.56. The number of halogens is 2. The predicted octanol–water partition coefficient (Wildman–Crippen LogP) is 8.76. The Morgan fingerprint density at radius 2 is 1.62 bits per heavy atom. The number of rotatable bonds is 12. The summed E-state index contributed by atoms with van der Waals surface area (Å²) in [6.07, 6.45) is -0.391. The third-order valence-corrected chi connectivity index (χ3v) is 12.1. The van der Waals surface area contributed by atoms with Crippen LogP contribution in [0.15, 0.2) is 60.7 Å². The summed E-state index contributed by atoms with van der Waals surface area (Å²) in [6.45, 7) is 14.1. The molecule has 1 saturated carbocycles. The van der Waals surface area contributed by atoms with Crippen molar-refractivity contribution in [3.8, 4) is 11.1 Å². The smallest absolute Gasteiger partial charge is 0.407 e. The van der Waals surface area contributed by atoms with Crippen molar-refractivity contribution in [2.75, 3.05) is 18.4 Å². The number of anilines is 1. The first kappa shape index (κ1) is 47.4. The molecular weight excluding hydrogens is 825 g/mol. The number of carbonyl (C=O) groups excluding carboxylic acids is 4. The van der Waals surface area contributed by atoms with Crippen LogP contribution < -0.4 is 21.3 Å². The van der Waals surface area contributed by atoms with Crippen LogP contribution >= 0.6 is 0 Å². The lowest BCUT2D eigenvalue weighted by Gasteiger charge is -2.44. The number of imidazole rings is 1. The quantitative estimate of drug-likeness (QED) is 0.0813. The summed E-state index contributed by atoms with van der Waals surface area (Å²) in [6, 6.07) is 16.4. The van der Waals surface area contributed by atoms with Crippen molar-refractivity contribution >= 4 is 46.6 Å². The number of alkyl carbamates (subject to hydrolysis) is 1. The number of aromatic amines is 1. The second-order valence-electron chi connectivity index (χ2n) is 19.3. The van der Waals surface area contributed by atoms with Crippen LogP contribution in [-0.4, -0.2) is 86.7 Å². The highest BCUT2D eigenvalue weighted by Crippen LogP contribution is 2.33. The lowest BCUT2D eigenvalue weighted by atomic mass is 9.79. The number of likely N-dealkylation sites (tertiary alicyclic amines) is 1. The summed E-state index contributed by atoms with van der Waals surface area (Å²) in [5.41, 5.74) is 4.08. The first-order chi connectivity index (χ1) is 30.1. The summed E-state index contributed by atoms with van der Waals surface area (Å²) in [5.74, 6) is -1.56. The Morgan fingerprint density at radius 3 is 2.25 bits per heavy atom. The molecule has 1 aliphatic carbocycles. The number of alkyl halides is 2. The monoisotopic (exact) mass is 885 g/mol. The van der Waals surface area contributed by atoms with Crippen molar-refractivity contribution in [3.63, 3.8) is 0 Å². The number of fused-ring (bicyclic) bond motifs is 1. The number of carboxylic acid groups (broad SMARTS) is 1. The topological polar surface area (TPSA) is 195 Å². The van der Waals surface area contributed by atoms with Gasteiger partial charge in [-0.05, 0) is 130 Å². The zero-order valence-electron chi connectivity index (χ0n) is 37.6. The molecule has 3 atom stereocenters. The molecule has 6 rings (SSSR count). The third kappa shape index (κ3) is 12.3. The fourth-order valence-corrected chi connectivity index (χ4v) is 8.71. The molecular formula is C48H61F2N7O7. The van der Waals surface area contributed by atoms with Crippen LogP contribution in [0, 0.1) is 24.2 Å². The van der Waals surface area contributed by atoms with Gasteiger partial charge in [0.1, 0.15) is 11.6 Å². The minimum Gasteiger partial charge on any atom is -0.465 e. The molecule has 1 aromatic heterocycles. The summed E-state index contributed by atoms with van der Waals surface area (Å²) < 4.78 is 32.0. The highest BCUT2D eigenvalue weighted by Gasteiger charge is 2.39. The van der Waals surface area contributed by atoms with E-state index in [0.717, 1.165) is 22.3 Å². The van der Waals surface area contributed by atoms with Crippen LogP contribution in [-0.2, 0) is 20.7 Å². The van der Waals surface area contributed by atoms with Crippen molar-refractivity contribution < 1.29 is 42.6 Å². The fraction of sp³-hybridized carbons (Fsp3) is 0.500. The molecule has 2 aliphatic rings. The Kier molecular flexibility index (Phi) is 14.6. The van der Waals surface area contributed by atoms with Gasteiger partial charge >= 0.3 is 12.2 Å². The lowest BCUT2D eigenvalue weighted by molar-refractivity contribution is -0.130. The second kappa shape index (κ2) is 19.8. The van der Waals surface area contributed by atoms with Gasteiger partial charge in [-0.15, -0.1) is 0 Å². The van der Waals surface area contributed by atoms with E-state index in [0.29, 0.717) is 73.9 Å². The average molecular weight is 886 g/mol. The molecule has 14 nitrogen and oxygen atoms in total. The van der Waals surface area contributed by atoms with Crippen molar-refractivity contribution in [2.45, 2.75) is 124 Å².